The lowest BCUT2D eigenvalue weighted by Gasteiger charge is -2.12. The van der Waals surface area contributed by atoms with Crippen molar-refractivity contribution < 1.29 is 17.6 Å². The van der Waals surface area contributed by atoms with E-state index in [0.29, 0.717) is 12.1 Å². The Morgan fingerprint density at radius 1 is 1.14 bits per heavy atom. The van der Waals surface area contributed by atoms with Gasteiger partial charge >= 0.3 is 0 Å². The van der Waals surface area contributed by atoms with Crippen LogP contribution in [0.15, 0.2) is 63.9 Å². The molecule has 0 aliphatic carbocycles. The maximum absolute atomic E-state index is 12.3. The van der Waals surface area contributed by atoms with Crippen LogP contribution in [0.4, 0.5) is 5.69 Å². The lowest BCUT2D eigenvalue weighted by Crippen LogP contribution is -2.22. The van der Waals surface area contributed by atoms with E-state index in [4.69, 9.17) is 4.42 Å². The molecule has 0 radical (unpaired) electrons. The second-order valence-corrected chi connectivity index (χ2v) is 8.58. The van der Waals surface area contributed by atoms with Gasteiger partial charge in [-0.25, -0.2) is 12.7 Å². The van der Waals surface area contributed by atoms with Crippen molar-refractivity contribution in [1.29, 1.82) is 0 Å². The molecular weight excluding hydrogens is 376 g/mol. The number of fused-ring (bicyclic) bond motifs is 1. The summed E-state index contributed by atoms with van der Waals surface area (Å²) in [4.78, 5) is 12.5. The van der Waals surface area contributed by atoms with Gasteiger partial charge < -0.3 is 9.73 Å². The molecule has 1 N–H and O–H groups in total. The van der Waals surface area contributed by atoms with Gasteiger partial charge in [-0.1, -0.05) is 31.2 Å². The van der Waals surface area contributed by atoms with Gasteiger partial charge in [0.1, 0.15) is 11.3 Å². The maximum atomic E-state index is 12.3. The number of nitrogens with zero attached hydrogens (tertiary/aromatic N) is 1. The lowest BCUT2D eigenvalue weighted by molar-refractivity contribution is -0.111. The molecule has 1 aromatic heterocycles. The van der Waals surface area contributed by atoms with Crippen molar-refractivity contribution in [2.45, 2.75) is 18.2 Å². The van der Waals surface area contributed by atoms with Crippen molar-refractivity contribution >= 4 is 38.7 Å². The molecule has 0 bridgehead atoms. The summed E-state index contributed by atoms with van der Waals surface area (Å²) in [5.41, 5.74) is 2.06. The summed E-state index contributed by atoms with van der Waals surface area (Å²) in [6.45, 7) is 1.99. The lowest BCUT2D eigenvalue weighted by atomic mass is 10.1. The third kappa shape index (κ3) is 4.00. The van der Waals surface area contributed by atoms with Crippen LogP contribution in [0.1, 0.15) is 18.2 Å². The fourth-order valence-corrected chi connectivity index (χ4v) is 3.80. The van der Waals surface area contributed by atoms with Crippen LogP contribution in [0.5, 0.6) is 0 Å². The Hall–Kier alpha value is -2.90. The van der Waals surface area contributed by atoms with Gasteiger partial charge in [0.2, 0.25) is 15.9 Å². The van der Waals surface area contributed by atoms with E-state index in [0.717, 1.165) is 26.6 Å². The van der Waals surface area contributed by atoms with Crippen LogP contribution in [-0.2, 0) is 21.2 Å². The fourth-order valence-electron chi connectivity index (χ4n) is 2.85. The summed E-state index contributed by atoms with van der Waals surface area (Å²) >= 11 is 0. The van der Waals surface area contributed by atoms with E-state index in [1.54, 1.807) is 18.2 Å². The van der Waals surface area contributed by atoms with Gasteiger partial charge in [-0.2, -0.15) is 0 Å². The molecule has 146 valence electrons. The van der Waals surface area contributed by atoms with Crippen LogP contribution in [0.25, 0.3) is 17.0 Å². The summed E-state index contributed by atoms with van der Waals surface area (Å²) in [6.07, 6.45) is 3.85. The summed E-state index contributed by atoms with van der Waals surface area (Å²) in [6, 6.07) is 13.8. The molecule has 1 amide bonds. The molecule has 2 aromatic carbocycles. The van der Waals surface area contributed by atoms with Crippen LogP contribution >= 0.6 is 0 Å². The van der Waals surface area contributed by atoms with Crippen LogP contribution in [0, 0.1) is 0 Å². The van der Waals surface area contributed by atoms with E-state index in [-0.39, 0.29) is 10.8 Å². The molecule has 3 aromatic rings. The Labute approximate surface area is 164 Å². The Balaban J connectivity index is 1.82. The molecule has 28 heavy (non-hydrogen) atoms. The molecule has 0 saturated heterocycles. The van der Waals surface area contributed by atoms with Gasteiger partial charge in [-0.15, -0.1) is 0 Å². The van der Waals surface area contributed by atoms with Gasteiger partial charge in [0.25, 0.3) is 0 Å². The summed E-state index contributed by atoms with van der Waals surface area (Å²) < 4.78 is 31.4. The molecular formula is C21H22N2O4S. The Morgan fingerprint density at radius 2 is 1.89 bits per heavy atom. The number of carbonyl (C=O) groups excluding carboxylic acids is 1. The number of carbonyl (C=O) groups is 1. The molecule has 0 unspecified atom stereocenters. The second-order valence-electron chi connectivity index (χ2n) is 6.43. The first kappa shape index (κ1) is 19.9. The Bertz CT molecular complexity index is 1140. The normalized spacial score (nSPS) is 12.1. The number of sulfonamides is 1. The number of hydrogen-bond acceptors (Lipinski definition) is 4. The average molecular weight is 398 g/mol. The van der Waals surface area contributed by atoms with Crippen LogP contribution in [-0.4, -0.2) is 32.7 Å². The highest BCUT2D eigenvalue weighted by Gasteiger charge is 2.17. The Kier molecular flexibility index (Phi) is 5.67. The number of aryl methyl sites for hydroxylation is 1. The number of anilines is 1. The predicted octanol–water partition coefficient (Wildman–Crippen LogP) is 3.90. The van der Waals surface area contributed by atoms with E-state index >= 15 is 0 Å². The van der Waals surface area contributed by atoms with Gasteiger partial charge in [0, 0.05) is 43.2 Å². The molecule has 0 atom stereocenters. The zero-order valence-electron chi connectivity index (χ0n) is 16.0. The van der Waals surface area contributed by atoms with Gasteiger partial charge in [-0.05, 0) is 30.3 Å². The van der Waals surface area contributed by atoms with E-state index < -0.39 is 10.0 Å². The molecule has 3 rings (SSSR count). The van der Waals surface area contributed by atoms with Crippen molar-refractivity contribution in [3.05, 3.63) is 65.9 Å². The molecule has 7 heteroatoms. The molecule has 0 fully saturated rings. The van der Waals surface area contributed by atoms with Gasteiger partial charge in [0.05, 0.1) is 4.90 Å². The number of amides is 1. The second kappa shape index (κ2) is 8.00. The standard InChI is InChI=1S/C21H22N2O4S/c1-4-19-18(17-10-5-6-11-20(17)27-19)12-13-21(24)22-15-8-7-9-16(14-15)28(25,26)23(2)3/h5-14H,4H2,1-3H3,(H,22,24)/b13-12+. The van der Waals surface area contributed by atoms with Crippen molar-refractivity contribution in [2.75, 3.05) is 19.4 Å². The van der Waals surface area contributed by atoms with E-state index in [1.165, 1.54) is 32.3 Å². The minimum absolute atomic E-state index is 0.119. The predicted molar refractivity (Wildman–Crippen MR) is 111 cm³/mol. The zero-order valence-corrected chi connectivity index (χ0v) is 16.8. The first-order valence-electron chi connectivity index (χ1n) is 8.85. The largest absolute Gasteiger partial charge is 0.460 e. The maximum Gasteiger partial charge on any atom is 0.248 e. The quantitative estimate of drug-likeness (QED) is 0.639. The molecule has 0 aliphatic heterocycles. The number of rotatable bonds is 6. The molecule has 1 heterocycles. The summed E-state index contributed by atoms with van der Waals surface area (Å²) in [7, 11) is -0.640. The third-order valence-electron chi connectivity index (χ3n) is 4.31. The average Bonchev–Trinajstić information content (AvgIpc) is 3.04. The topological polar surface area (TPSA) is 79.6 Å². The van der Waals surface area contributed by atoms with Crippen molar-refractivity contribution in [1.82, 2.24) is 4.31 Å². The van der Waals surface area contributed by atoms with Crippen molar-refractivity contribution in [3.8, 4) is 0 Å². The number of para-hydroxylation sites is 1. The highest BCUT2D eigenvalue weighted by molar-refractivity contribution is 7.89. The highest BCUT2D eigenvalue weighted by Crippen LogP contribution is 2.27. The molecule has 0 saturated carbocycles. The van der Waals surface area contributed by atoms with E-state index in [9.17, 15) is 13.2 Å². The SMILES string of the molecule is CCc1oc2ccccc2c1/C=C/C(=O)Nc1cccc(S(=O)(=O)N(C)C)c1. The summed E-state index contributed by atoms with van der Waals surface area (Å²) in [5.74, 6) is 0.455. The van der Waals surface area contributed by atoms with E-state index in [1.807, 2.05) is 31.2 Å². The molecule has 0 spiro atoms. The Morgan fingerprint density at radius 3 is 2.61 bits per heavy atom. The van der Waals surface area contributed by atoms with Crippen LogP contribution < -0.4 is 5.32 Å². The van der Waals surface area contributed by atoms with Gasteiger partial charge in [-0.3, -0.25) is 4.79 Å². The monoisotopic (exact) mass is 398 g/mol. The van der Waals surface area contributed by atoms with Crippen LogP contribution in [0.3, 0.4) is 0 Å². The first-order valence-corrected chi connectivity index (χ1v) is 10.3. The molecule has 0 aliphatic rings. The highest BCUT2D eigenvalue weighted by atomic mass is 32.2. The zero-order chi connectivity index (χ0) is 20.3. The van der Waals surface area contributed by atoms with Gasteiger partial charge in [0.15, 0.2) is 0 Å². The minimum Gasteiger partial charge on any atom is -0.460 e. The minimum atomic E-state index is -3.56. The van der Waals surface area contributed by atoms with E-state index in [2.05, 4.69) is 5.32 Å². The first-order chi connectivity index (χ1) is 13.3. The van der Waals surface area contributed by atoms with Crippen LogP contribution in [0.2, 0.25) is 0 Å². The number of benzene rings is 2. The number of hydrogen-bond donors (Lipinski definition) is 1. The smallest absolute Gasteiger partial charge is 0.248 e. The van der Waals surface area contributed by atoms with Crippen molar-refractivity contribution in [2.24, 2.45) is 0 Å². The fraction of sp³-hybridized carbons (Fsp3) is 0.190. The van der Waals surface area contributed by atoms with Crippen molar-refractivity contribution in [3.63, 3.8) is 0 Å². The number of nitrogens with one attached hydrogen (secondary N) is 1. The third-order valence-corrected chi connectivity index (χ3v) is 6.12. The molecule has 6 nitrogen and oxygen atoms in total. The summed E-state index contributed by atoms with van der Waals surface area (Å²) in [5, 5.41) is 3.65. The number of furan rings is 1.